The van der Waals surface area contributed by atoms with Gasteiger partial charge in [0.1, 0.15) is 11.4 Å². The molecule has 0 spiro atoms. The van der Waals surface area contributed by atoms with Crippen LogP contribution in [0.25, 0.3) is 0 Å². The van der Waals surface area contributed by atoms with Crippen LogP contribution in [0.3, 0.4) is 0 Å². The Labute approximate surface area is 112 Å². The molecular weight excluding hydrogens is 246 g/mol. The summed E-state index contributed by atoms with van der Waals surface area (Å²) < 4.78 is 5.08. The average molecular weight is 265 g/mol. The zero-order chi connectivity index (χ0) is 14.8. The van der Waals surface area contributed by atoms with E-state index < -0.39 is 11.7 Å². The third-order valence-corrected chi connectivity index (χ3v) is 2.37. The molecule has 5 nitrogen and oxygen atoms in total. The van der Waals surface area contributed by atoms with E-state index in [-0.39, 0.29) is 22.8 Å². The summed E-state index contributed by atoms with van der Waals surface area (Å²) in [5, 5.41) is 12.4. The Kier molecular flexibility index (Phi) is 4.19. The van der Waals surface area contributed by atoms with Crippen LogP contribution in [0.15, 0.2) is 12.1 Å². The Morgan fingerprint density at radius 1 is 1.26 bits per heavy atom. The van der Waals surface area contributed by atoms with E-state index in [4.69, 9.17) is 4.74 Å². The summed E-state index contributed by atoms with van der Waals surface area (Å²) in [6, 6.07) is 3.18. The number of ketones is 1. The molecule has 0 aliphatic rings. The predicted molar refractivity (Wildman–Crippen MR) is 72.7 cm³/mol. The summed E-state index contributed by atoms with van der Waals surface area (Å²) in [5.74, 6) is -0.499. The fourth-order valence-electron chi connectivity index (χ4n) is 1.65. The third kappa shape index (κ3) is 3.98. The first-order chi connectivity index (χ1) is 8.61. The second-order valence-corrected chi connectivity index (χ2v) is 5.34. The van der Waals surface area contributed by atoms with Gasteiger partial charge in [0.05, 0.1) is 11.3 Å². The number of rotatable bonds is 2. The van der Waals surface area contributed by atoms with Crippen LogP contribution >= 0.6 is 0 Å². The Morgan fingerprint density at radius 3 is 2.32 bits per heavy atom. The molecule has 19 heavy (non-hydrogen) atoms. The summed E-state index contributed by atoms with van der Waals surface area (Å²) in [6.07, 6.45) is -0.679. The monoisotopic (exact) mass is 265 g/mol. The van der Waals surface area contributed by atoms with E-state index in [1.807, 2.05) is 0 Å². The Morgan fingerprint density at radius 2 is 1.84 bits per heavy atom. The molecule has 0 bridgehead atoms. The fraction of sp³-hybridized carbons (Fsp3) is 0.429. The number of hydrogen-bond donors (Lipinski definition) is 2. The third-order valence-electron chi connectivity index (χ3n) is 2.37. The summed E-state index contributed by atoms with van der Waals surface area (Å²) in [5.41, 5.74) is 0.381. The van der Waals surface area contributed by atoms with E-state index in [1.54, 1.807) is 33.8 Å². The van der Waals surface area contributed by atoms with Crippen molar-refractivity contribution in [1.29, 1.82) is 0 Å². The van der Waals surface area contributed by atoms with Crippen molar-refractivity contribution < 1.29 is 19.4 Å². The number of amides is 1. The lowest BCUT2D eigenvalue weighted by Gasteiger charge is -2.20. The molecule has 0 saturated carbocycles. The minimum atomic E-state index is -0.679. The largest absolute Gasteiger partial charge is 0.505 e. The molecule has 5 heteroatoms. The molecule has 0 fully saturated rings. The van der Waals surface area contributed by atoms with Crippen LogP contribution in [-0.2, 0) is 4.74 Å². The topological polar surface area (TPSA) is 75.6 Å². The van der Waals surface area contributed by atoms with Gasteiger partial charge in [-0.3, -0.25) is 10.1 Å². The highest BCUT2D eigenvalue weighted by molar-refractivity contribution is 6.01. The van der Waals surface area contributed by atoms with Crippen molar-refractivity contribution in [2.45, 2.75) is 40.2 Å². The highest BCUT2D eigenvalue weighted by Gasteiger charge is 2.19. The number of carbonyl (C=O) groups excluding carboxylic acids is 2. The maximum atomic E-state index is 11.6. The number of aryl methyl sites for hydroxylation is 1. The zero-order valence-corrected chi connectivity index (χ0v) is 11.8. The van der Waals surface area contributed by atoms with Crippen molar-refractivity contribution >= 4 is 17.6 Å². The normalized spacial score (nSPS) is 11.0. The van der Waals surface area contributed by atoms with Crippen LogP contribution in [-0.4, -0.2) is 22.6 Å². The molecule has 0 saturated heterocycles. The number of Topliss-reactive ketones (excluding diaryl/α,β-unsaturated/α-hetero) is 1. The van der Waals surface area contributed by atoms with Gasteiger partial charge in [0.15, 0.2) is 5.78 Å². The number of hydrogen-bond acceptors (Lipinski definition) is 4. The maximum absolute atomic E-state index is 11.6. The van der Waals surface area contributed by atoms with Gasteiger partial charge in [-0.25, -0.2) is 4.79 Å². The van der Waals surface area contributed by atoms with E-state index in [0.29, 0.717) is 5.56 Å². The smallest absolute Gasteiger partial charge is 0.412 e. The quantitative estimate of drug-likeness (QED) is 0.635. The first-order valence-corrected chi connectivity index (χ1v) is 5.95. The van der Waals surface area contributed by atoms with Crippen LogP contribution in [0, 0.1) is 6.92 Å². The van der Waals surface area contributed by atoms with Gasteiger partial charge >= 0.3 is 6.09 Å². The molecule has 0 atom stereocenters. The molecule has 0 aromatic heterocycles. The molecule has 0 heterocycles. The molecule has 1 aromatic rings. The summed E-state index contributed by atoms with van der Waals surface area (Å²) in [6.45, 7) is 8.29. The van der Waals surface area contributed by atoms with Gasteiger partial charge in [-0.05, 0) is 46.2 Å². The number of ether oxygens (including phenoxy) is 1. The van der Waals surface area contributed by atoms with Gasteiger partial charge in [-0.15, -0.1) is 0 Å². The first kappa shape index (κ1) is 15.0. The predicted octanol–water partition coefficient (Wildman–Crippen LogP) is 3.25. The molecule has 1 rings (SSSR count). The molecule has 0 aliphatic heterocycles. The van der Waals surface area contributed by atoms with Crippen LogP contribution in [0.5, 0.6) is 5.75 Å². The Balaban J connectivity index is 3.01. The van der Waals surface area contributed by atoms with Crippen LogP contribution in [0.2, 0.25) is 0 Å². The summed E-state index contributed by atoms with van der Waals surface area (Å²) >= 11 is 0. The second kappa shape index (κ2) is 5.30. The van der Waals surface area contributed by atoms with Crippen molar-refractivity contribution in [3.63, 3.8) is 0 Å². The van der Waals surface area contributed by atoms with Crippen molar-refractivity contribution in [3.8, 4) is 5.75 Å². The lowest BCUT2D eigenvalue weighted by Crippen LogP contribution is -2.27. The molecule has 104 valence electrons. The van der Waals surface area contributed by atoms with Gasteiger partial charge in [-0.2, -0.15) is 0 Å². The second-order valence-electron chi connectivity index (χ2n) is 5.34. The molecule has 1 aromatic carbocycles. The van der Waals surface area contributed by atoms with Gasteiger partial charge in [0.2, 0.25) is 0 Å². The van der Waals surface area contributed by atoms with Gasteiger partial charge < -0.3 is 9.84 Å². The highest BCUT2D eigenvalue weighted by Crippen LogP contribution is 2.30. The van der Waals surface area contributed by atoms with E-state index in [0.717, 1.165) is 0 Å². The average Bonchev–Trinajstić information content (AvgIpc) is 2.19. The SMILES string of the molecule is CC(=O)c1c(C)ccc(NC(=O)OC(C)(C)C)c1O. The van der Waals surface area contributed by atoms with Crippen LogP contribution in [0.4, 0.5) is 10.5 Å². The van der Waals surface area contributed by atoms with E-state index in [9.17, 15) is 14.7 Å². The highest BCUT2D eigenvalue weighted by atomic mass is 16.6. The van der Waals surface area contributed by atoms with Crippen molar-refractivity contribution in [2.75, 3.05) is 5.32 Å². The number of carbonyl (C=O) groups is 2. The minimum absolute atomic E-state index is 0.157. The van der Waals surface area contributed by atoms with E-state index in [1.165, 1.54) is 13.0 Å². The van der Waals surface area contributed by atoms with Crippen molar-refractivity contribution in [2.24, 2.45) is 0 Å². The standard InChI is InChI=1S/C14H19NO4/c1-8-6-7-10(12(17)11(8)9(2)16)15-13(18)19-14(3,4)5/h6-7,17H,1-5H3,(H,15,18). The van der Waals surface area contributed by atoms with Crippen molar-refractivity contribution in [3.05, 3.63) is 23.3 Å². The molecular formula is C14H19NO4. The molecule has 1 amide bonds. The summed E-state index contributed by atoms with van der Waals surface area (Å²) in [4.78, 5) is 23.1. The number of phenolic OH excluding ortho intramolecular Hbond substituents is 1. The molecule has 2 N–H and O–H groups in total. The van der Waals surface area contributed by atoms with E-state index >= 15 is 0 Å². The summed E-state index contributed by atoms with van der Waals surface area (Å²) in [7, 11) is 0. The zero-order valence-electron chi connectivity index (χ0n) is 11.8. The van der Waals surface area contributed by atoms with Gasteiger partial charge in [0, 0.05) is 0 Å². The Hall–Kier alpha value is -2.04. The van der Waals surface area contributed by atoms with Gasteiger partial charge in [0.25, 0.3) is 0 Å². The molecule has 0 unspecified atom stereocenters. The number of aromatic hydroxyl groups is 1. The first-order valence-electron chi connectivity index (χ1n) is 5.95. The molecule has 0 radical (unpaired) electrons. The van der Waals surface area contributed by atoms with Crippen LogP contribution in [0.1, 0.15) is 43.6 Å². The fourth-order valence-corrected chi connectivity index (χ4v) is 1.65. The number of anilines is 1. The van der Waals surface area contributed by atoms with Crippen LogP contribution < -0.4 is 5.32 Å². The lowest BCUT2D eigenvalue weighted by atomic mass is 10.0. The minimum Gasteiger partial charge on any atom is -0.505 e. The maximum Gasteiger partial charge on any atom is 0.412 e. The Bertz CT molecular complexity index is 515. The number of benzene rings is 1. The van der Waals surface area contributed by atoms with Gasteiger partial charge in [-0.1, -0.05) is 6.07 Å². The number of nitrogens with one attached hydrogen (secondary N) is 1. The van der Waals surface area contributed by atoms with Crippen molar-refractivity contribution in [1.82, 2.24) is 0 Å². The lowest BCUT2D eigenvalue weighted by molar-refractivity contribution is 0.0635. The number of phenols is 1. The van der Waals surface area contributed by atoms with E-state index in [2.05, 4.69) is 5.32 Å². The molecule has 0 aliphatic carbocycles.